The molecule has 0 aliphatic heterocycles. The number of pyridine rings is 1. The second-order valence-electron chi connectivity index (χ2n) is 4.69. The van der Waals surface area contributed by atoms with E-state index < -0.39 is 0 Å². The highest BCUT2D eigenvalue weighted by molar-refractivity contribution is 6.42. The lowest BCUT2D eigenvalue weighted by atomic mass is 10.1. The van der Waals surface area contributed by atoms with Crippen LogP contribution >= 0.6 is 23.2 Å². The van der Waals surface area contributed by atoms with Gasteiger partial charge in [0.25, 0.3) is 0 Å². The second kappa shape index (κ2) is 6.32. The lowest BCUT2D eigenvalue weighted by molar-refractivity contribution is 0.103. The Morgan fingerprint density at radius 2 is 1.91 bits per heavy atom. The first-order chi connectivity index (χ1) is 11.1. The van der Waals surface area contributed by atoms with Crippen molar-refractivity contribution in [2.45, 2.75) is 0 Å². The predicted molar refractivity (Wildman–Crippen MR) is 89.6 cm³/mol. The number of carbonyl (C=O) groups excluding carboxylic acids is 1. The summed E-state index contributed by atoms with van der Waals surface area (Å²) in [5.74, 6) is -0.285. The highest BCUT2D eigenvalue weighted by Gasteiger charge is 2.17. The van der Waals surface area contributed by atoms with Gasteiger partial charge in [-0.05, 0) is 24.3 Å². The standard InChI is InChI=1S/C16H10Cl2N4O/c17-11-4-3-9(6-12(11)18)13-8-21-16(19)14(22-13)15(23)10-2-1-5-20-7-10/h1-8H,(H2,19,21). The number of anilines is 1. The molecule has 0 fully saturated rings. The number of benzene rings is 1. The maximum Gasteiger partial charge on any atom is 0.216 e. The molecule has 3 rings (SSSR count). The third kappa shape index (κ3) is 3.16. The van der Waals surface area contributed by atoms with E-state index in [1.807, 2.05) is 0 Å². The van der Waals surface area contributed by atoms with Crippen molar-refractivity contribution in [2.24, 2.45) is 0 Å². The number of nitrogens with zero attached hydrogens (tertiary/aromatic N) is 3. The highest BCUT2D eigenvalue weighted by atomic mass is 35.5. The number of ketones is 1. The number of nitrogen functional groups attached to an aromatic ring is 1. The van der Waals surface area contributed by atoms with Gasteiger partial charge < -0.3 is 5.73 Å². The molecule has 3 aromatic rings. The Balaban J connectivity index is 2.06. The minimum absolute atomic E-state index is 0.0580. The van der Waals surface area contributed by atoms with Gasteiger partial charge in [-0.2, -0.15) is 0 Å². The Kier molecular flexibility index (Phi) is 4.23. The Labute approximate surface area is 142 Å². The first-order valence-corrected chi connectivity index (χ1v) is 7.34. The van der Waals surface area contributed by atoms with Gasteiger partial charge in [-0.15, -0.1) is 0 Å². The lowest BCUT2D eigenvalue weighted by Gasteiger charge is -2.07. The molecule has 0 aliphatic rings. The molecule has 0 aliphatic carbocycles. The topological polar surface area (TPSA) is 81.8 Å². The molecule has 0 spiro atoms. The molecule has 0 saturated carbocycles. The zero-order valence-electron chi connectivity index (χ0n) is 11.7. The van der Waals surface area contributed by atoms with Gasteiger partial charge >= 0.3 is 0 Å². The van der Waals surface area contributed by atoms with E-state index in [1.54, 1.807) is 36.5 Å². The molecular formula is C16H10Cl2N4O. The van der Waals surface area contributed by atoms with E-state index in [1.165, 1.54) is 12.4 Å². The van der Waals surface area contributed by atoms with E-state index in [9.17, 15) is 4.79 Å². The van der Waals surface area contributed by atoms with Crippen LogP contribution in [0.5, 0.6) is 0 Å². The molecule has 0 bridgehead atoms. The maximum absolute atomic E-state index is 12.5. The van der Waals surface area contributed by atoms with Gasteiger partial charge in [0.05, 0.1) is 21.9 Å². The van der Waals surface area contributed by atoms with Crippen molar-refractivity contribution < 1.29 is 4.79 Å². The van der Waals surface area contributed by atoms with Crippen molar-refractivity contribution in [3.63, 3.8) is 0 Å². The summed E-state index contributed by atoms with van der Waals surface area (Å²) in [5, 5.41) is 0.827. The minimum Gasteiger partial charge on any atom is -0.382 e. The van der Waals surface area contributed by atoms with Gasteiger partial charge in [0, 0.05) is 23.5 Å². The molecule has 0 amide bonds. The maximum atomic E-state index is 12.5. The summed E-state index contributed by atoms with van der Waals surface area (Å²) in [4.78, 5) is 24.8. The molecule has 5 nitrogen and oxygen atoms in total. The Hall–Kier alpha value is -2.50. The van der Waals surface area contributed by atoms with Gasteiger partial charge in [-0.1, -0.05) is 29.3 Å². The smallest absolute Gasteiger partial charge is 0.216 e. The summed E-state index contributed by atoms with van der Waals surface area (Å²) in [6, 6.07) is 8.36. The largest absolute Gasteiger partial charge is 0.382 e. The number of rotatable bonds is 3. The summed E-state index contributed by atoms with van der Waals surface area (Å²) in [7, 11) is 0. The van der Waals surface area contributed by atoms with E-state index in [-0.39, 0.29) is 17.3 Å². The molecule has 0 radical (unpaired) electrons. The molecule has 2 heterocycles. The number of halogens is 2. The summed E-state index contributed by atoms with van der Waals surface area (Å²) in [5.41, 5.74) is 7.42. The van der Waals surface area contributed by atoms with E-state index in [4.69, 9.17) is 28.9 Å². The van der Waals surface area contributed by atoms with Crippen LogP contribution in [-0.2, 0) is 0 Å². The van der Waals surface area contributed by atoms with Crippen LogP contribution in [0.2, 0.25) is 10.0 Å². The number of carbonyl (C=O) groups is 1. The molecule has 0 saturated heterocycles. The van der Waals surface area contributed by atoms with Gasteiger partial charge in [-0.25, -0.2) is 9.97 Å². The SMILES string of the molecule is Nc1ncc(-c2ccc(Cl)c(Cl)c2)nc1C(=O)c1cccnc1. The zero-order chi connectivity index (χ0) is 16.4. The van der Waals surface area contributed by atoms with Crippen LogP contribution in [0.3, 0.4) is 0 Å². The third-order valence-corrected chi connectivity index (χ3v) is 3.89. The quantitative estimate of drug-likeness (QED) is 0.733. The molecule has 2 N–H and O–H groups in total. The third-order valence-electron chi connectivity index (χ3n) is 3.15. The van der Waals surface area contributed by atoms with Gasteiger partial charge in [0.2, 0.25) is 5.78 Å². The Morgan fingerprint density at radius 3 is 2.61 bits per heavy atom. The molecular weight excluding hydrogens is 335 g/mol. The average molecular weight is 345 g/mol. The zero-order valence-corrected chi connectivity index (χ0v) is 13.2. The lowest BCUT2D eigenvalue weighted by Crippen LogP contribution is -2.10. The fourth-order valence-electron chi connectivity index (χ4n) is 1.99. The van der Waals surface area contributed by atoms with Crippen LogP contribution in [0.4, 0.5) is 5.82 Å². The van der Waals surface area contributed by atoms with E-state index in [0.29, 0.717) is 26.9 Å². The normalized spacial score (nSPS) is 10.5. The van der Waals surface area contributed by atoms with Gasteiger partial charge in [0.15, 0.2) is 11.5 Å². The van der Waals surface area contributed by atoms with Crippen molar-refractivity contribution in [1.82, 2.24) is 15.0 Å². The molecule has 7 heteroatoms. The van der Waals surface area contributed by atoms with Crippen LogP contribution in [0, 0.1) is 0 Å². The molecule has 1 aromatic carbocycles. The van der Waals surface area contributed by atoms with Crippen molar-refractivity contribution >= 4 is 34.8 Å². The summed E-state index contributed by atoms with van der Waals surface area (Å²) in [6.45, 7) is 0. The summed E-state index contributed by atoms with van der Waals surface area (Å²) < 4.78 is 0. The average Bonchev–Trinajstić information content (AvgIpc) is 2.58. The molecule has 114 valence electrons. The van der Waals surface area contributed by atoms with Crippen LogP contribution in [0.25, 0.3) is 11.3 Å². The molecule has 0 atom stereocenters. The van der Waals surface area contributed by atoms with Gasteiger partial charge in [0.1, 0.15) is 0 Å². The first kappa shape index (κ1) is 15.4. The van der Waals surface area contributed by atoms with Crippen molar-refractivity contribution in [1.29, 1.82) is 0 Å². The predicted octanol–water partition coefficient (Wildman–Crippen LogP) is 3.66. The minimum atomic E-state index is -0.343. The van der Waals surface area contributed by atoms with E-state index >= 15 is 0 Å². The Bertz CT molecular complexity index is 885. The van der Waals surface area contributed by atoms with Crippen LogP contribution < -0.4 is 5.73 Å². The Morgan fingerprint density at radius 1 is 1.09 bits per heavy atom. The van der Waals surface area contributed by atoms with Crippen LogP contribution in [0.15, 0.2) is 48.9 Å². The second-order valence-corrected chi connectivity index (χ2v) is 5.50. The molecule has 0 unspecified atom stereocenters. The van der Waals surface area contributed by atoms with Crippen molar-refractivity contribution in [2.75, 3.05) is 5.73 Å². The molecule has 2 aromatic heterocycles. The van der Waals surface area contributed by atoms with Gasteiger partial charge in [-0.3, -0.25) is 9.78 Å². The van der Waals surface area contributed by atoms with E-state index in [0.717, 1.165) is 0 Å². The molecule has 23 heavy (non-hydrogen) atoms. The number of nitrogens with two attached hydrogens (primary N) is 1. The van der Waals surface area contributed by atoms with Crippen LogP contribution in [-0.4, -0.2) is 20.7 Å². The monoisotopic (exact) mass is 344 g/mol. The summed E-state index contributed by atoms with van der Waals surface area (Å²) in [6.07, 6.45) is 4.52. The number of aromatic nitrogens is 3. The van der Waals surface area contributed by atoms with Crippen LogP contribution in [0.1, 0.15) is 16.1 Å². The fourth-order valence-corrected chi connectivity index (χ4v) is 2.29. The summed E-state index contributed by atoms with van der Waals surface area (Å²) >= 11 is 11.9. The van der Waals surface area contributed by atoms with Crippen molar-refractivity contribution in [3.05, 3.63) is 70.2 Å². The highest BCUT2D eigenvalue weighted by Crippen LogP contribution is 2.28. The first-order valence-electron chi connectivity index (χ1n) is 6.59. The van der Waals surface area contributed by atoms with E-state index in [2.05, 4.69) is 15.0 Å². The number of hydrogen-bond donors (Lipinski definition) is 1. The number of hydrogen-bond acceptors (Lipinski definition) is 5. The fraction of sp³-hybridized carbons (Fsp3) is 0. The van der Waals surface area contributed by atoms with Crippen molar-refractivity contribution in [3.8, 4) is 11.3 Å².